The Morgan fingerprint density at radius 2 is 1.76 bits per heavy atom. The first-order chi connectivity index (χ1) is 15.4. The van der Waals surface area contributed by atoms with Gasteiger partial charge in [-0.05, 0) is 55.0 Å². The van der Waals surface area contributed by atoms with Crippen molar-refractivity contribution in [3.63, 3.8) is 0 Å². The minimum Gasteiger partial charge on any atom is -0.483 e. The van der Waals surface area contributed by atoms with Crippen molar-refractivity contribution in [1.82, 2.24) is 10.2 Å². The van der Waals surface area contributed by atoms with Crippen molar-refractivity contribution in [2.24, 2.45) is 0 Å². The summed E-state index contributed by atoms with van der Waals surface area (Å²) in [6.07, 6.45) is 0.452. The summed E-state index contributed by atoms with van der Waals surface area (Å²) in [6, 6.07) is 12.1. The fourth-order valence-electron chi connectivity index (χ4n) is 3.57. The number of para-hydroxylation sites is 1. The summed E-state index contributed by atoms with van der Waals surface area (Å²) in [6.45, 7) is 11.9. The summed E-state index contributed by atoms with van der Waals surface area (Å²) in [4.78, 5) is 27.9. The highest BCUT2D eigenvalue weighted by molar-refractivity contribution is 6.35. The van der Waals surface area contributed by atoms with E-state index in [0.717, 1.165) is 5.56 Å². The lowest BCUT2D eigenvalue weighted by Gasteiger charge is -2.31. The Kier molecular flexibility index (Phi) is 9.62. The van der Waals surface area contributed by atoms with E-state index in [1.165, 1.54) is 4.90 Å². The molecule has 0 saturated heterocycles. The van der Waals surface area contributed by atoms with E-state index in [4.69, 9.17) is 27.9 Å². The van der Waals surface area contributed by atoms with Gasteiger partial charge in [0.15, 0.2) is 6.61 Å². The van der Waals surface area contributed by atoms with Crippen LogP contribution < -0.4 is 10.1 Å². The van der Waals surface area contributed by atoms with E-state index < -0.39 is 6.04 Å². The summed E-state index contributed by atoms with van der Waals surface area (Å²) >= 11 is 12.4. The molecule has 0 aliphatic carbocycles. The Labute approximate surface area is 207 Å². The van der Waals surface area contributed by atoms with Gasteiger partial charge in [0.05, 0.1) is 0 Å². The normalized spacial score (nSPS) is 12.4. The van der Waals surface area contributed by atoms with E-state index in [1.54, 1.807) is 18.2 Å². The predicted octanol–water partition coefficient (Wildman–Crippen LogP) is 6.00. The smallest absolute Gasteiger partial charge is 0.261 e. The van der Waals surface area contributed by atoms with Crippen molar-refractivity contribution in [3.8, 4) is 5.75 Å². The van der Waals surface area contributed by atoms with Gasteiger partial charge in [-0.3, -0.25) is 9.59 Å². The third-order valence-corrected chi connectivity index (χ3v) is 5.81. The highest BCUT2D eigenvalue weighted by atomic mass is 35.5. The maximum absolute atomic E-state index is 13.4. The second-order valence-corrected chi connectivity index (χ2v) is 10.2. The van der Waals surface area contributed by atoms with Gasteiger partial charge in [0.1, 0.15) is 11.8 Å². The lowest BCUT2D eigenvalue weighted by atomic mass is 9.86. The number of carbonyl (C=O) groups is 2. The fraction of sp³-hybridized carbons (Fsp3) is 0.462. The van der Waals surface area contributed by atoms with Gasteiger partial charge >= 0.3 is 0 Å². The number of carbonyl (C=O) groups excluding carboxylic acids is 2. The molecule has 2 aromatic rings. The number of ether oxygens (including phenoxy) is 1. The molecule has 0 heterocycles. The molecule has 7 heteroatoms. The number of hydrogen-bond donors (Lipinski definition) is 1. The van der Waals surface area contributed by atoms with E-state index in [1.807, 2.05) is 45.0 Å². The second-order valence-electron chi connectivity index (χ2n) is 9.38. The van der Waals surface area contributed by atoms with Crippen molar-refractivity contribution in [2.45, 2.75) is 72.0 Å². The Bertz CT molecular complexity index is 970. The summed E-state index contributed by atoms with van der Waals surface area (Å²) < 4.78 is 5.97. The molecule has 180 valence electrons. The molecule has 0 aliphatic rings. The van der Waals surface area contributed by atoms with Crippen molar-refractivity contribution in [3.05, 3.63) is 63.6 Å². The molecule has 0 fully saturated rings. The number of rotatable bonds is 9. The molecule has 0 saturated carbocycles. The number of halogens is 2. The Hall–Kier alpha value is -2.24. The zero-order valence-corrected chi connectivity index (χ0v) is 21.8. The quantitative estimate of drug-likeness (QED) is 0.466. The molecular weight excluding hydrogens is 459 g/mol. The molecule has 5 nitrogen and oxygen atoms in total. The first-order valence-corrected chi connectivity index (χ1v) is 12.0. The van der Waals surface area contributed by atoms with Crippen LogP contribution >= 0.6 is 23.2 Å². The first-order valence-electron chi connectivity index (χ1n) is 11.2. The molecule has 1 atom stereocenters. The molecule has 0 aromatic heterocycles. The van der Waals surface area contributed by atoms with Gasteiger partial charge < -0.3 is 15.0 Å². The second kappa shape index (κ2) is 11.8. The van der Waals surface area contributed by atoms with E-state index in [0.29, 0.717) is 27.8 Å². The average Bonchev–Trinajstić information content (AvgIpc) is 2.72. The third-order valence-electron chi connectivity index (χ3n) is 5.22. The fourth-order valence-corrected chi connectivity index (χ4v) is 4.04. The number of nitrogens with one attached hydrogen (secondary N) is 1. The number of nitrogens with zero attached hydrogens (tertiary/aromatic N) is 1. The monoisotopic (exact) mass is 492 g/mol. The summed E-state index contributed by atoms with van der Waals surface area (Å²) in [5, 5.41) is 3.86. The SMILES string of the molecule is CC[C@H](C(=O)NC(C)C)N(Cc1ccc(Cl)cc1Cl)C(=O)COc1ccccc1C(C)(C)C. The van der Waals surface area contributed by atoms with E-state index in [2.05, 4.69) is 26.1 Å². The Morgan fingerprint density at radius 3 is 2.33 bits per heavy atom. The molecule has 0 unspecified atom stereocenters. The first kappa shape index (κ1) is 27.0. The van der Waals surface area contributed by atoms with Crippen molar-refractivity contribution in [1.29, 1.82) is 0 Å². The van der Waals surface area contributed by atoms with Crippen LogP contribution in [0.3, 0.4) is 0 Å². The molecule has 2 rings (SSSR count). The zero-order chi connectivity index (χ0) is 24.8. The zero-order valence-electron chi connectivity index (χ0n) is 20.2. The Balaban J connectivity index is 2.32. The molecular formula is C26H34Cl2N2O3. The van der Waals surface area contributed by atoms with Crippen molar-refractivity contribution < 1.29 is 14.3 Å². The van der Waals surface area contributed by atoms with Gasteiger partial charge in [-0.15, -0.1) is 0 Å². The lowest BCUT2D eigenvalue weighted by molar-refractivity contribution is -0.143. The number of hydrogen-bond acceptors (Lipinski definition) is 3. The minimum atomic E-state index is -0.659. The Morgan fingerprint density at radius 1 is 1.09 bits per heavy atom. The van der Waals surface area contributed by atoms with Crippen LogP contribution in [0.15, 0.2) is 42.5 Å². The highest BCUT2D eigenvalue weighted by Gasteiger charge is 2.30. The minimum absolute atomic E-state index is 0.0439. The van der Waals surface area contributed by atoms with Gasteiger partial charge in [0.2, 0.25) is 5.91 Å². The number of benzene rings is 2. The van der Waals surface area contributed by atoms with Crippen LogP contribution in [-0.2, 0) is 21.5 Å². The molecule has 2 aromatic carbocycles. The van der Waals surface area contributed by atoms with Crippen LogP contribution in [0.4, 0.5) is 0 Å². The standard InChI is InChI=1S/C26H34Cl2N2O3/c1-7-22(25(32)29-17(2)3)30(15-18-12-13-19(27)14-21(18)28)24(31)16-33-23-11-9-8-10-20(23)26(4,5)6/h8-14,17,22H,7,15-16H2,1-6H3,(H,29,32)/t22-/m1/s1. The maximum atomic E-state index is 13.4. The molecule has 0 aliphatic heterocycles. The van der Waals surface area contributed by atoms with Crippen LogP contribution in [0.2, 0.25) is 10.0 Å². The number of amides is 2. The molecule has 0 spiro atoms. The average molecular weight is 493 g/mol. The molecule has 0 radical (unpaired) electrons. The largest absolute Gasteiger partial charge is 0.483 e. The summed E-state index contributed by atoms with van der Waals surface area (Å²) in [5.74, 6) is 0.152. The molecule has 0 bridgehead atoms. The summed E-state index contributed by atoms with van der Waals surface area (Å²) in [5.41, 5.74) is 1.58. The van der Waals surface area contributed by atoms with Crippen LogP contribution in [-0.4, -0.2) is 35.4 Å². The van der Waals surface area contributed by atoms with Gasteiger partial charge in [-0.1, -0.05) is 75.2 Å². The van der Waals surface area contributed by atoms with Crippen LogP contribution in [0.1, 0.15) is 59.1 Å². The molecule has 33 heavy (non-hydrogen) atoms. The lowest BCUT2D eigenvalue weighted by Crippen LogP contribution is -2.51. The summed E-state index contributed by atoms with van der Waals surface area (Å²) in [7, 11) is 0. The van der Waals surface area contributed by atoms with Gasteiger partial charge in [-0.2, -0.15) is 0 Å². The molecule has 2 amide bonds. The van der Waals surface area contributed by atoms with Gasteiger partial charge in [-0.25, -0.2) is 0 Å². The highest BCUT2D eigenvalue weighted by Crippen LogP contribution is 2.31. The topological polar surface area (TPSA) is 58.6 Å². The third kappa shape index (κ3) is 7.65. The predicted molar refractivity (Wildman–Crippen MR) is 135 cm³/mol. The van der Waals surface area contributed by atoms with E-state index in [9.17, 15) is 9.59 Å². The maximum Gasteiger partial charge on any atom is 0.261 e. The van der Waals surface area contributed by atoms with Gasteiger partial charge in [0, 0.05) is 22.6 Å². The molecule has 1 N–H and O–H groups in total. The van der Waals surface area contributed by atoms with Crippen LogP contribution in [0, 0.1) is 0 Å². The van der Waals surface area contributed by atoms with E-state index in [-0.39, 0.29) is 36.4 Å². The van der Waals surface area contributed by atoms with Crippen LogP contribution in [0.25, 0.3) is 0 Å². The van der Waals surface area contributed by atoms with Crippen molar-refractivity contribution in [2.75, 3.05) is 6.61 Å². The van der Waals surface area contributed by atoms with Crippen molar-refractivity contribution >= 4 is 35.0 Å². The van der Waals surface area contributed by atoms with Gasteiger partial charge in [0.25, 0.3) is 5.91 Å². The van der Waals surface area contributed by atoms with Crippen LogP contribution in [0.5, 0.6) is 5.75 Å². The van der Waals surface area contributed by atoms with E-state index >= 15 is 0 Å².